The minimum absolute atomic E-state index is 0.449. The Bertz CT molecular complexity index is 783. The van der Waals surface area contributed by atoms with Crippen LogP contribution in [-0.2, 0) is 13.6 Å². The minimum Gasteiger partial charge on any atom is -0.408 e. The van der Waals surface area contributed by atoms with Crippen molar-refractivity contribution in [2.75, 3.05) is 11.1 Å². The van der Waals surface area contributed by atoms with Crippen LogP contribution in [0.4, 0.5) is 11.4 Å². The van der Waals surface area contributed by atoms with Gasteiger partial charge in [0.05, 0.1) is 23.4 Å². The van der Waals surface area contributed by atoms with Crippen LogP contribution in [-0.4, -0.2) is 14.5 Å². The lowest BCUT2D eigenvalue weighted by Crippen LogP contribution is -2.07. The lowest BCUT2D eigenvalue weighted by Gasteiger charge is -2.09. The summed E-state index contributed by atoms with van der Waals surface area (Å²) in [5.74, 6) is 0.399. The van der Waals surface area contributed by atoms with Crippen LogP contribution >= 0.6 is 0 Å². The zero-order valence-electron chi connectivity index (χ0n) is 10.3. The topological polar surface area (TPSA) is 102 Å². The largest absolute Gasteiger partial charge is 0.417 e. The highest BCUT2D eigenvalue weighted by Gasteiger charge is 2.07. The summed E-state index contributed by atoms with van der Waals surface area (Å²) in [6.45, 7) is 0.543. The Kier molecular flexibility index (Phi) is 2.52. The van der Waals surface area contributed by atoms with Gasteiger partial charge in [-0.1, -0.05) is 0 Å². The summed E-state index contributed by atoms with van der Waals surface area (Å²) in [5.41, 5.74) is 8.22. The third-order valence-corrected chi connectivity index (χ3v) is 2.95. The highest BCUT2D eigenvalue weighted by Crippen LogP contribution is 2.24. The maximum absolute atomic E-state index is 11.1. The number of nitrogens with zero attached hydrogens (tertiary/aromatic N) is 2. The maximum Gasteiger partial charge on any atom is 0.417 e. The number of fused-ring (bicyclic) bond motifs is 1. The molecular formula is C12H13N5O2. The molecule has 3 aromatic rings. The van der Waals surface area contributed by atoms with Gasteiger partial charge in [0.25, 0.3) is 0 Å². The molecule has 19 heavy (non-hydrogen) atoms. The van der Waals surface area contributed by atoms with Crippen LogP contribution in [0.1, 0.15) is 5.82 Å². The lowest BCUT2D eigenvalue weighted by atomic mass is 10.2. The monoisotopic (exact) mass is 259 g/mol. The highest BCUT2D eigenvalue weighted by molar-refractivity contribution is 5.85. The number of nitrogen functional groups attached to an aromatic ring is 1. The first kappa shape index (κ1) is 11.4. The molecule has 98 valence electrons. The van der Waals surface area contributed by atoms with Crippen LogP contribution in [0.25, 0.3) is 11.1 Å². The predicted octanol–water partition coefficient (Wildman–Crippen LogP) is 1.05. The van der Waals surface area contributed by atoms with E-state index in [9.17, 15) is 4.79 Å². The molecule has 0 saturated carbocycles. The van der Waals surface area contributed by atoms with Gasteiger partial charge in [0.15, 0.2) is 5.58 Å². The number of nitrogens with two attached hydrogens (primary N) is 1. The van der Waals surface area contributed by atoms with E-state index in [0.29, 0.717) is 23.3 Å². The van der Waals surface area contributed by atoms with E-state index in [1.807, 2.05) is 17.8 Å². The van der Waals surface area contributed by atoms with Gasteiger partial charge in [0.2, 0.25) is 0 Å². The normalized spacial score (nSPS) is 11.0. The molecule has 2 aromatic heterocycles. The third-order valence-electron chi connectivity index (χ3n) is 2.95. The van der Waals surface area contributed by atoms with E-state index in [2.05, 4.69) is 15.3 Å². The first-order chi connectivity index (χ1) is 9.13. The van der Waals surface area contributed by atoms with Gasteiger partial charge in [0.1, 0.15) is 5.82 Å². The van der Waals surface area contributed by atoms with Gasteiger partial charge >= 0.3 is 5.76 Å². The van der Waals surface area contributed by atoms with Gasteiger partial charge in [-0.15, -0.1) is 0 Å². The minimum atomic E-state index is -0.490. The third kappa shape index (κ3) is 2.05. The Labute approximate surface area is 108 Å². The summed E-state index contributed by atoms with van der Waals surface area (Å²) < 4.78 is 6.86. The molecule has 0 saturated heterocycles. The number of H-pyrrole nitrogens is 1. The van der Waals surface area contributed by atoms with Crippen LogP contribution in [0.2, 0.25) is 0 Å². The Balaban J connectivity index is 1.90. The van der Waals surface area contributed by atoms with Crippen molar-refractivity contribution in [1.29, 1.82) is 0 Å². The van der Waals surface area contributed by atoms with Crippen LogP contribution in [0.15, 0.2) is 33.7 Å². The number of aromatic nitrogens is 3. The van der Waals surface area contributed by atoms with E-state index >= 15 is 0 Å². The number of imidazole rings is 1. The fourth-order valence-corrected chi connectivity index (χ4v) is 1.91. The molecular weight excluding hydrogens is 246 g/mol. The summed E-state index contributed by atoms with van der Waals surface area (Å²) in [4.78, 5) is 17.9. The number of hydrogen-bond donors (Lipinski definition) is 3. The van der Waals surface area contributed by atoms with Crippen molar-refractivity contribution in [3.63, 3.8) is 0 Å². The van der Waals surface area contributed by atoms with Gasteiger partial charge in [-0.3, -0.25) is 4.98 Å². The van der Waals surface area contributed by atoms with Crippen LogP contribution in [0.3, 0.4) is 0 Å². The molecule has 0 fully saturated rings. The number of rotatable bonds is 3. The van der Waals surface area contributed by atoms with Gasteiger partial charge < -0.3 is 20.0 Å². The van der Waals surface area contributed by atoms with Gasteiger partial charge in [-0.25, -0.2) is 9.78 Å². The van der Waals surface area contributed by atoms with Crippen molar-refractivity contribution in [2.24, 2.45) is 7.05 Å². The molecule has 0 unspecified atom stereocenters. The summed E-state index contributed by atoms with van der Waals surface area (Å²) >= 11 is 0. The second-order valence-corrected chi connectivity index (χ2v) is 4.26. The SMILES string of the molecule is Cn1ccnc1CNc1cc2[nH]c(=O)oc2cc1N. The van der Waals surface area contributed by atoms with Gasteiger partial charge in [-0.05, 0) is 6.07 Å². The molecule has 0 aliphatic heterocycles. The van der Waals surface area contributed by atoms with Crippen LogP contribution in [0.5, 0.6) is 0 Å². The summed E-state index contributed by atoms with van der Waals surface area (Å²) in [5, 5.41) is 3.19. The van der Waals surface area contributed by atoms with Gasteiger partial charge in [0, 0.05) is 25.5 Å². The van der Waals surface area contributed by atoms with E-state index in [4.69, 9.17) is 10.2 Å². The summed E-state index contributed by atoms with van der Waals surface area (Å²) in [7, 11) is 1.92. The molecule has 0 bridgehead atoms. The Hall–Kier alpha value is -2.70. The van der Waals surface area contributed by atoms with Crippen LogP contribution < -0.4 is 16.8 Å². The molecule has 0 atom stereocenters. The number of aromatic amines is 1. The van der Waals surface area contributed by atoms with Crippen molar-refractivity contribution in [3.05, 3.63) is 40.9 Å². The first-order valence-corrected chi connectivity index (χ1v) is 5.76. The number of aryl methyl sites for hydroxylation is 1. The molecule has 0 amide bonds. The standard InChI is InChI=1S/C12H13N5O2/c1-17-3-2-14-11(17)6-15-8-5-9-10(4-7(8)13)19-12(18)16-9/h2-5,15H,6,13H2,1H3,(H,16,18). The molecule has 0 aliphatic rings. The molecule has 2 heterocycles. The molecule has 0 aliphatic carbocycles. The first-order valence-electron chi connectivity index (χ1n) is 5.76. The highest BCUT2D eigenvalue weighted by atomic mass is 16.4. The van der Waals surface area contributed by atoms with E-state index < -0.39 is 5.76 Å². The number of benzene rings is 1. The Morgan fingerprint density at radius 3 is 3.11 bits per heavy atom. The second kappa shape index (κ2) is 4.20. The van der Waals surface area contributed by atoms with E-state index in [-0.39, 0.29) is 0 Å². The predicted molar refractivity (Wildman–Crippen MR) is 71.8 cm³/mol. The Morgan fingerprint density at radius 1 is 1.53 bits per heavy atom. The number of hydrogen-bond acceptors (Lipinski definition) is 5. The smallest absolute Gasteiger partial charge is 0.408 e. The molecule has 7 heteroatoms. The summed E-state index contributed by atoms with van der Waals surface area (Å²) in [6.07, 6.45) is 3.61. The molecule has 1 aromatic carbocycles. The fraction of sp³-hybridized carbons (Fsp3) is 0.167. The maximum atomic E-state index is 11.1. The number of anilines is 2. The van der Waals surface area contributed by atoms with Crippen molar-refractivity contribution in [3.8, 4) is 0 Å². The summed E-state index contributed by atoms with van der Waals surface area (Å²) in [6, 6.07) is 3.37. The van der Waals surface area contributed by atoms with E-state index in [0.717, 1.165) is 11.5 Å². The van der Waals surface area contributed by atoms with Crippen molar-refractivity contribution >= 4 is 22.5 Å². The van der Waals surface area contributed by atoms with E-state index in [1.165, 1.54) is 0 Å². The molecule has 0 radical (unpaired) electrons. The molecule has 4 N–H and O–H groups in total. The average Bonchev–Trinajstić information content (AvgIpc) is 2.91. The lowest BCUT2D eigenvalue weighted by molar-refractivity contribution is 0.555. The van der Waals surface area contributed by atoms with Crippen LogP contribution in [0, 0.1) is 0 Å². The Morgan fingerprint density at radius 2 is 2.37 bits per heavy atom. The second-order valence-electron chi connectivity index (χ2n) is 4.26. The molecule has 0 spiro atoms. The number of oxazole rings is 1. The van der Waals surface area contributed by atoms with Crippen molar-refractivity contribution < 1.29 is 4.42 Å². The van der Waals surface area contributed by atoms with E-state index in [1.54, 1.807) is 18.3 Å². The molecule has 7 nitrogen and oxygen atoms in total. The van der Waals surface area contributed by atoms with Gasteiger partial charge in [-0.2, -0.15) is 0 Å². The quantitative estimate of drug-likeness (QED) is 0.610. The fourth-order valence-electron chi connectivity index (χ4n) is 1.91. The zero-order chi connectivity index (χ0) is 13.4. The molecule has 3 rings (SSSR count). The average molecular weight is 259 g/mol. The zero-order valence-corrected chi connectivity index (χ0v) is 10.3. The van der Waals surface area contributed by atoms with Crippen molar-refractivity contribution in [2.45, 2.75) is 6.54 Å². The number of nitrogens with one attached hydrogen (secondary N) is 2. The van der Waals surface area contributed by atoms with Crippen molar-refractivity contribution in [1.82, 2.24) is 14.5 Å².